The van der Waals surface area contributed by atoms with Crippen molar-refractivity contribution in [1.82, 2.24) is 4.90 Å². The number of carbonyl (C=O) groups excluding carboxylic acids is 1. The molecular formula is C12H20ClIN2OS. The molecule has 2 N–H and O–H groups in total. The van der Waals surface area contributed by atoms with E-state index in [4.69, 9.17) is 5.73 Å². The van der Waals surface area contributed by atoms with Crippen LogP contribution in [0.5, 0.6) is 0 Å². The minimum atomic E-state index is 0. The first-order valence-corrected chi connectivity index (χ1v) is 7.62. The molecule has 3 nitrogen and oxygen atoms in total. The molecule has 104 valence electrons. The van der Waals surface area contributed by atoms with E-state index in [0.29, 0.717) is 12.5 Å². The molecule has 1 aromatic heterocycles. The molecule has 0 aliphatic heterocycles. The molecule has 1 aromatic rings. The highest BCUT2D eigenvalue weighted by molar-refractivity contribution is 14.1. The van der Waals surface area contributed by atoms with Crippen LogP contribution >= 0.6 is 46.3 Å². The van der Waals surface area contributed by atoms with Gasteiger partial charge in [0.05, 0.1) is 8.45 Å². The largest absolute Gasteiger partial charge is 0.342 e. The Morgan fingerprint density at radius 2 is 2.17 bits per heavy atom. The maximum Gasteiger partial charge on any atom is 0.254 e. The summed E-state index contributed by atoms with van der Waals surface area (Å²) >= 11 is 3.82. The maximum absolute atomic E-state index is 12.0. The van der Waals surface area contributed by atoms with Crippen LogP contribution in [-0.2, 0) is 0 Å². The quantitative estimate of drug-likeness (QED) is 0.769. The van der Waals surface area contributed by atoms with Crippen LogP contribution in [0.2, 0.25) is 0 Å². The van der Waals surface area contributed by atoms with Gasteiger partial charge in [-0.2, -0.15) is 0 Å². The third-order valence-corrected chi connectivity index (χ3v) is 4.60. The molecule has 1 unspecified atom stereocenters. The summed E-state index contributed by atoms with van der Waals surface area (Å²) in [5.41, 5.74) is 6.75. The zero-order valence-electron chi connectivity index (χ0n) is 10.9. The summed E-state index contributed by atoms with van der Waals surface area (Å²) in [6.07, 6.45) is 0.848. The first-order chi connectivity index (χ1) is 7.91. The van der Waals surface area contributed by atoms with Crippen molar-refractivity contribution in [2.45, 2.75) is 26.3 Å². The minimum absolute atomic E-state index is 0. The Hall–Kier alpha value is 0.150. The summed E-state index contributed by atoms with van der Waals surface area (Å²) in [6.45, 7) is 4.92. The van der Waals surface area contributed by atoms with Gasteiger partial charge in [0.2, 0.25) is 0 Å². The van der Waals surface area contributed by atoms with Crippen LogP contribution < -0.4 is 5.73 Å². The molecule has 0 spiro atoms. The zero-order valence-corrected chi connectivity index (χ0v) is 14.6. The summed E-state index contributed by atoms with van der Waals surface area (Å²) in [5, 5.41) is 1.91. The van der Waals surface area contributed by atoms with E-state index in [1.54, 1.807) is 16.2 Å². The minimum Gasteiger partial charge on any atom is -0.342 e. The number of thiophene rings is 1. The monoisotopic (exact) mass is 402 g/mol. The van der Waals surface area contributed by atoms with Crippen molar-refractivity contribution in [3.05, 3.63) is 19.9 Å². The highest BCUT2D eigenvalue weighted by atomic mass is 127. The first kappa shape index (κ1) is 18.1. The standard InChI is InChI=1S/C12H19IN2OS.ClH/c1-8(2)10(14)4-5-15(3)12(16)9-6-11(13)17-7-9;/h6-8,10H,4-5,14H2,1-3H3;1H. The lowest BCUT2D eigenvalue weighted by Gasteiger charge is -2.21. The fourth-order valence-electron chi connectivity index (χ4n) is 1.42. The van der Waals surface area contributed by atoms with Crippen molar-refractivity contribution in [3.8, 4) is 0 Å². The number of rotatable bonds is 5. The molecule has 0 aromatic carbocycles. The van der Waals surface area contributed by atoms with Crippen molar-refractivity contribution in [3.63, 3.8) is 0 Å². The van der Waals surface area contributed by atoms with Gasteiger partial charge < -0.3 is 10.6 Å². The maximum atomic E-state index is 12.0. The number of halogens is 2. The van der Waals surface area contributed by atoms with Gasteiger partial charge in [0, 0.05) is 25.0 Å². The van der Waals surface area contributed by atoms with Crippen molar-refractivity contribution in [2.75, 3.05) is 13.6 Å². The van der Waals surface area contributed by atoms with Crippen LogP contribution in [0.25, 0.3) is 0 Å². The molecular weight excluding hydrogens is 383 g/mol. The van der Waals surface area contributed by atoms with E-state index in [2.05, 4.69) is 36.4 Å². The van der Waals surface area contributed by atoms with E-state index >= 15 is 0 Å². The number of carbonyl (C=O) groups is 1. The molecule has 0 radical (unpaired) electrons. The Balaban J connectivity index is 0.00000289. The summed E-state index contributed by atoms with van der Waals surface area (Å²) < 4.78 is 1.14. The average Bonchev–Trinajstić information content (AvgIpc) is 2.70. The van der Waals surface area contributed by atoms with Gasteiger partial charge in [-0.3, -0.25) is 4.79 Å². The fraction of sp³-hybridized carbons (Fsp3) is 0.583. The van der Waals surface area contributed by atoms with Crippen molar-refractivity contribution in [2.24, 2.45) is 11.7 Å². The van der Waals surface area contributed by atoms with Crippen LogP contribution in [0.1, 0.15) is 30.6 Å². The molecule has 0 aliphatic carbocycles. The van der Waals surface area contributed by atoms with Gasteiger partial charge in [-0.1, -0.05) is 13.8 Å². The van der Waals surface area contributed by atoms with Crippen LogP contribution in [0.4, 0.5) is 0 Å². The highest BCUT2D eigenvalue weighted by Crippen LogP contribution is 2.18. The van der Waals surface area contributed by atoms with Crippen LogP contribution in [0.15, 0.2) is 11.4 Å². The first-order valence-electron chi connectivity index (χ1n) is 5.67. The fourth-order valence-corrected chi connectivity index (χ4v) is 2.74. The Bertz CT molecular complexity index is 384. The summed E-state index contributed by atoms with van der Waals surface area (Å²) in [6, 6.07) is 2.08. The molecule has 1 atom stereocenters. The Kier molecular flexibility index (Phi) is 8.42. The van der Waals surface area contributed by atoms with E-state index in [1.165, 1.54) is 0 Å². The van der Waals surface area contributed by atoms with Gasteiger partial charge >= 0.3 is 0 Å². The summed E-state index contributed by atoms with van der Waals surface area (Å²) in [4.78, 5) is 13.8. The van der Waals surface area contributed by atoms with E-state index in [1.807, 2.05) is 18.5 Å². The Labute approximate surface area is 133 Å². The smallest absolute Gasteiger partial charge is 0.254 e. The second-order valence-electron chi connectivity index (χ2n) is 4.56. The van der Waals surface area contributed by atoms with E-state index in [0.717, 1.165) is 14.9 Å². The van der Waals surface area contributed by atoms with E-state index < -0.39 is 0 Å². The van der Waals surface area contributed by atoms with E-state index in [-0.39, 0.29) is 24.4 Å². The normalized spacial score (nSPS) is 12.1. The van der Waals surface area contributed by atoms with Crippen LogP contribution in [0, 0.1) is 8.80 Å². The number of amides is 1. The third kappa shape index (κ3) is 5.42. The molecule has 6 heteroatoms. The third-order valence-electron chi connectivity index (χ3n) is 2.82. The summed E-state index contributed by atoms with van der Waals surface area (Å²) in [5.74, 6) is 0.542. The highest BCUT2D eigenvalue weighted by Gasteiger charge is 2.15. The van der Waals surface area contributed by atoms with Crippen molar-refractivity contribution < 1.29 is 4.79 Å². The van der Waals surface area contributed by atoms with Gasteiger partial charge in [-0.05, 0) is 41.0 Å². The predicted molar refractivity (Wildman–Crippen MR) is 88.7 cm³/mol. The number of hydrogen-bond acceptors (Lipinski definition) is 3. The molecule has 18 heavy (non-hydrogen) atoms. The van der Waals surface area contributed by atoms with E-state index in [9.17, 15) is 4.79 Å². The van der Waals surface area contributed by atoms with Gasteiger partial charge in [0.1, 0.15) is 0 Å². The Morgan fingerprint density at radius 3 is 2.61 bits per heavy atom. The zero-order chi connectivity index (χ0) is 13.0. The topological polar surface area (TPSA) is 46.3 Å². The van der Waals surface area contributed by atoms with Crippen LogP contribution in [0.3, 0.4) is 0 Å². The van der Waals surface area contributed by atoms with Crippen LogP contribution in [-0.4, -0.2) is 30.4 Å². The SMILES string of the molecule is CC(C)C(N)CCN(C)C(=O)c1csc(I)c1.Cl. The molecule has 1 heterocycles. The van der Waals surface area contributed by atoms with Crippen molar-refractivity contribution >= 4 is 52.2 Å². The van der Waals surface area contributed by atoms with Gasteiger partial charge in [-0.25, -0.2) is 0 Å². The average molecular weight is 403 g/mol. The molecule has 0 fully saturated rings. The molecule has 0 bridgehead atoms. The molecule has 1 amide bonds. The second kappa shape index (κ2) is 8.35. The second-order valence-corrected chi connectivity index (χ2v) is 7.37. The summed E-state index contributed by atoms with van der Waals surface area (Å²) in [7, 11) is 1.83. The lowest BCUT2D eigenvalue weighted by atomic mass is 10.0. The molecule has 1 rings (SSSR count). The predicted octanol–water partition coefficient (Wildman–Crippen LogP) is 3.22. The van der Waals surface area contributed by atoms with Crippen molar-refractivity contribution in [1.29, 1.82) is 0 Å². The van der Waals surface area contributed by atoms with Gasteiger partial charge in [0.25, 0.3) is 5.91 Å². The lowest BCUT2D eigenvalue weighted by Crippen LogP contribution is -2.34. The number of hydrogen-bond donors (Lipinski definition) is 1. The van der Waals surface area contributed by atoms with Gasteiger partial charge in [-0.15, -0.1) is 23.7 Å². The molecule has 0 aliphatic rings. The molecule has 0 saturated heterocycles. The lowest BCUT2D eigenvalue weighted by molar-refractivity contribution is 0.0789. The Morgan fingerprint density at radius 1 is 1.56 bits per heavy atom. The van der Waals surface area contributed by atoms with Gasteiger partial charge in [0.15, 0.2) is 0 Å². The number of nitrogens with two attached hydrogens (primary N) is 1. The number of nitrogens with zero attached hydrogens (tertiary/aromatic N) is 1. The molecule has 0 saturated carbocycles.